The number of rotatable bonds is 16. The van der Waals surface area contributed by atoms with Gasteiger partial charge < -0.3 is 41.5 Å². The Balaban J connectivity index is 1.64. The number of aliphatic hydroxyl groups excluding tert-OH is 2. The minimum atomic E-state index is -2.21. The summed E-state index contributed by atoms with van der Waals surface area (Å²) in [6.07, 6.45) is 8.57. The average molecular weight is 703 g/mol. The number of carbonyl (C=O) groups excluding carboxylic acids is 3. The van der Waals surface area contributed by atoms with Crippen LogP contribution in [-0.2, 0) is 35.1 Å². The van der Waals surface area contributed by atoms with Gasteiger partial charge in [-0.2, -0.15) is 0 Å². The summed E-state index contributed by atoms with van der Waals surface area (Å²) < 4.78 is 6.13. The van der Waals surface area contributed by atoms with Gasteiger partial charge in [0.25, 0.3) is 0 Å². The fraction of sp³-hybridized carbons (Fsp3) is 0.588. The van der Waals surface area contributed by atoms with Crippen molar-refractivity contribution in [3.8, 4) is 0 Å². The van der Waals surface area contributed by atoms with Crippen LogP contribution in [0.5, 0.6) is 0 Å². The molecule has 4 rings (SSSR count). The third kappa shape index (κ3) is 10.4. The molecule has 15 heteroatoms. The first kappa shape index (κ1) is 38.0. The predicted octanol–water partition coefficient (Wildman–Crippen LogP) is 1.79. The number of nitrogens with one attached hydrogen (secondary N) is 2. The molecule has 14 nitrogen and oxygen atoms in total. The van der Waals surface area contributed by atoms with Crippen LogP contribution in [0.15, 0.2) is 47.0 Å². The molecule has 49 heavy (non-hydrogen) atoms. The van der Waals surface area contributed by atoms with E-state index in [9.17, 15) is 34.2 Å². The van der Waals surface area contributed by atoms with Gasteiger partial charge in [-0.25, -0.2) is 4.79 Å². The van der Waals surface area contributed by atoms with E-state index < -0.39 is 48.0 Å². The smallest absolute Gasteiger partial charge is 0.353 e. The maximum atomic E-state index is 13.8. The van der Waals surface area contributed by atoms with E-state index >= 15 is 0 Å². The summed E-state index contributed by atoms with van der Waals surface area (Å²) in [5.41, 5.74) is 9.71. The fourth-order valence-corrected chi connectivity index (χ4v) is 8.10. The minimum absolute atomic E-state index is 0.0182. The van der Waals surface area contributed by atoms with Crippen molar-refractivity contribution in [1.29, 1.82) is 0 Å². The Labute approximate surface area is 288 Å². The zero-order valence-corrected chi connectivity index (χ0v) is 28.2. The molecule has 8 N–H and O–H groups in total. The molecule has 0 spiro atoms. The number of esters is 1. The Morgan fingerprint density at radius 1 is 1.04 bits per heavy atom. The number of nitrogens with two attached hydrogens (primary N) is 1. The second-order valence-electron chi connectivity index (χ2n) is 12.7. The number of aliphatic hydroxyl groups is 2. The third-order valence-electron chi connectivity index (χ3n) is 9.24. The van der Waals surface area contributed by atoms with Crippen LogP contribution in [-0.4, -0.2) is 91.1 Å². The molecule has 0 saturated heterocycles. The van der Waals surface area contributed by atoms with Gasteiger partial charge in [0.1, 0.15) is 23.8 Å². The monoisotopic (exact) mass is 702 g/mol. The molecule has 0 aromatic carbocycles. The largest absolute Gasteiger partial charge is 0.480 e. The van der Waals surface area contributed by atoms with Gasteiger partial charge in [0.2, 0.25) is 18.0 Å². The van der Waals surface area contributed by atoms with E-state index in [1.54, 1.807) is 12.4 Å². The van der Waals surface area contributed by atoms with Crippen LogP contribution in [0.25, 0.3) is 0 Å². The Morgan fingerprint density at radius 2 is 1.76 bits per heavy atom. The van der Waals surface area contributed by atoms with Crippen LogP contribution in [0.1, 0.15) is 76.2 Å². The number of carboxylic acids is 2. The van der Waals surface area contributed by atoms with Crippen molar-refractivity contribution in [1.82, 2.24) is 15.6 Å². The molecule has 2 aliphatic carbocycles. The highest BCUT2D eigenvalue weighted by atomic mass is 32.2. The van der Waals surface area contributed by atoms with E-state index in [0.29, 0.717) is 31.4 Å². The molecule has 268 valence electrons. The Morgan fingerprint density at radius 3 is 2.43 bits per heavy atom. The van der Waals surface area contributed by atoms with Gasteiger partial charge in [0, 0.05) is 31.2 Å². The average Bonchev–Trinajstić information content (AvgIpc) is 3.42. The highest BCUT2D eigenvalue weighted by Crippen LogP contribution is 2.51. The zero-order chi connectivity index (χ0) is 35.5. The highest BCUT2D eigenvalue weighted by Gasteiger charge is 2.47. The molecular weight excluding hydrogens is 656 g/mol. The Hall–Kier alpha value is -3.79. The molecule has 1 aromatic heterocycles. The molecule has 2 amide bonds. The van der Waals surface area contributed by atoms with Crippen molar-refractivity contribution < 1.29 is 49.1 Å². The van der Waals surface area contributed by atoms with E-state index in [1.807, 2.05) is 17.4 Å². The first-order chi connectivity index (χ1) is 23.5. The summed E-state index contributed by atoms with van der Waals surface area (Å²) in [6, 6.07) is 1.34. The number of thioether (sulfide) groups is 1. The first-order valence-corrected chi connectivity index (χ1v) is 17.8. The summed E-state index contributed by atoms with van der Waals surface area (Å²) in [6.45, 7) is -0.0182. The Bertz CT molecular complexity index is 1430. The number of aliphatic carboxylic acids is 2. The lowest BCUT2D eigenvalue weighted by atomic mass is 9.69. The van der Waals surface area contributed by atoms with Crippen LogP contribution < -0.4 is 16.4 Å². The molecule has 0 bridgehead atoms. The maximum absolute atomic E-state index is 13.8. The number of amides is 2. The quantitative estimate of drug-likeness (QED) is 0.0740. The van der Waals surface area contributed by atoms with Gasteiger partial charge in [-0.05, 0) is 74.1 Å². The highest BCUT2D eigenvalue weighted by molar-refractivity contribution is 8.00. The number of carboxylic acid groups (broad SMARTS) is 2. The number of allylic oxidation sites excluding steroid dienone is 1. The van der Waals surface area contributed by atoms with Gasteiger partial charge in [-0.15, -0.1) is 11.8 Å². The topological polar surface area (TPSA) is 238 Å². The molecule has 3 aliphatic rings. The second kappa shape index (κ2) is 18.3. The zero-order valence-electron chi connectivity index (χ0n) is 27.3. The normalized spacial score (nSPS) is 22.8. The minimum Gasteiger partial charge on any atom is -0.480 e. The van der Waals surface area contributed by atoms with E-state index in [0.717, 1.165) is 55.2 Å². The lowest BCUT2D eigenvalue weighted by Crippen LogP contribution is -2.53. The van der Waals surface area contributed by atoms with Crippen LogP contribution in [0.2, 0.25) is 0 Å². The molecule has 0 fully saturated rings. The number of carbonyl (C=O) groups is 5. The van der Waals surface area contributed by atoms with Crippen molar-refractivity contribution in [2.24, 2.45) is 17.6 Å². The first-order valence-electron chi connectivity index (χ1n) is 16.8. The van der Waals surface area contributed by atoms with Crippen LogP contribution in [0.4, 0.5) is 0 Å². The lowest BCUT2D eigenvalue weighted by molar-refractivity contribution is -0.151. The van der Waals surface area contributed by atoms with Gasteiger partial charge in [-0.3, -0.25) is 24.2 Å². The van der Waals surface area contributed by atoms with Gasteiger partial charge in [0.05, 0.1) is 5.25 Å². The van der Waals surface area contributed by atoms with E-state index in [4.69, 9.17) is 20.7 Å². The Kier molecular flexibility index (Phi) is 14.2. The molecule has 6 unspecified atom stereocenters. The van der Waals surface area contributed by atoms with Crippen LogP contribution in [0.3, 0.4) is 0 Å². The third-order valence-corrected chi connectivity index (χ3v) is 10.6. The van der Waals surface area contributed by atoms with Gasteiger partial charge in [-0.1, -0.05) is 36.8 Å². The number of aromatic nitrogens is 1. The fourth-order valence-electron chi connectivity index (χ4n) is 6.77. The van der Waals surface area contributed by atoms with Crippen molar-refractivity contribution >= 4 is 41.5 Å². The summed E-state index contributed by atoms with van der Waals surface area (Å²) in [4.78, 5) is 66.1. The lowest BCUT2D eigenvalue weighted by Gasteiger charge is -2.34. The van der Waals surface area contributed by atoms with Crippen molar-refractivity contribution in [3.63, 3.8) is 0 Å². The number of ether oxygens (including phenoxy) is 1. The van der Waals surface area contributed by atoms with Crippen LogP contribution in [0, 0.1) is 11.8 Å². The molecule has 1 aliphatic heterocycles. The number of nitrogens with zero attached hydrogens (tertiary/aromatic N) is 1. The molecule has 0 saturated carbocycles. The molecule has 6 atom stereocenters. The van der Waals surface area contributed by atoms with Gasteiger partial charge >= 0.3 is 17.9 Å². The maximum Gasteiger partial charge on any atom is 0.353 e. The number of pyridine rings is 1. The summed E-state index contributed by atoms with van der Waals surface area (Å²) in [7, 11) is 0. The van der Waals surface area contributed by atoms with Crippen LogP contribution >= 0.6 is 11.8 Å². The van der Waals surface area contributed by atoms with E-state index in [-0.39, 0.29) is 42.3 Å². The predicted molar refractivity (Wildman–Crippen MR) is 179 cm³/mol. The van der Waals surface area contributed by atoms with Crippen molar-refractivity contribution in [3.05, 3.63) is 52.6 Å². The van der Waals surface area contributed by atoms with Gasteiger partial charge in [0.15, 0.2) is 0 Å². The number of hydrogen-bond donors (Lipinski definition) is 7. The number of hydrogen-bond acceptors (Lipinski definition) is 11. The van der Waals surface area contributed by atoms with E-state index in [2.05, 4.69) is 10.3 Å². The molecular formula is C34H46N4O10S. The molecule has 2 heterocycles. The standard InChI is InChI=1S/C34H46N4O10S/c35-23(32(43)44)9-10-26(40)37-24(30(41)38-31(42)33(45)46)18-49-25-8-4-2-1-3-6-20-17-21(16-19-11-13-36-14-12-19)22(7-5-15-39)28-27(20)29(25)48-34(28)47/h11-14,20,23-25,28,31,39,42H,1-10,15-18,35H2,(H,37,40)(H,38,41)(H,43,44)(H,45,46). The summed E-state index contributed by atoms with van der Waals surface area (Å²) in [5.74, 6) is -4.92. The molecule has 0 radical (unpaired) electrons. The van der Waals surface area contributed by atoms with E-state index in [1.165, 1.54) is 17.3 Å². The SMILES string of the molecule is NC(CCC(=O)NC(CSC1CCCCCCC2CC(Cc3ccncc3)=C(CCCO)C3C(=O)OC1=C23)C(=O)NC(O)C(=O)O)C(=O)O. The summed E-state index contributed by atoms with van der Waals surface area (Å²) in [5, 5.41) is 41.8. The van der Waals surface area contributed by atoms with Crippen molar-refractivity contribution in [2.75, 3.05) is 12.4 Å². The molecule has 1 aromatic rings. The summed E-state index contributed by atoms with van der Waals surface area (Å²) >= 11 is 1.30. The second-order valence-corrected chi connectivity index (χ2v) is 14.0. The van der Waals surface area contributed by atoms with Crippen molar-refractivity contribution in [2.45, 2.75) is 101 Å².